The van der Waals surface area contributed by atoms with Crippen LogP contribution >= 0.6 is 0 Å². The highest BCUT2D eigenvalue weighted by atomic mass is 16.7. The van der Waals surface area contributed by atoms with Crippen molar-refractivity contribution >= 4 is 5.91 Å². The Labute approximate surface area is 367 Å². The minimum Gasteiger partial charge on any atom is -0.394 e. The number of rotatable bonds is 36. The van der Waals surface area contributed by atoms with E-state index in [4.69, 9.17) is 18.9 Å². The van der Waals surface area contributed by atoms with E-state index in [1.165, 1.54) is 103 Å². The average molecular weight is 874 g/mol. The Morgan fingerprint density at radius 2 is 1.05 bits per heavy atom. The van der Waals surface area contributed by atoms with Gasteiger partial charge >= 0.3 is 0 Å². The van der Waals surface area contributed by atoms with Crippen LogP contribution in [0.3, 0.4) is 0 Å². The maximum atomic E-state index is 13.1. The van der Waals surface area contributed by atoms with Gasteiger partial charge < -0.3 is 65.1 Å². The van der Waals surface area contributed by atoms with E-state index in [1.807, 2.05) is 6.08 Å². The second-order valence-corrected chi connectivity index (χ2v) is 17.2. The third-order valence-corrected chi connectivity index (χ3v) is 11.9. The zero-order valence-corrected chi connectivity index (χ0v) is 37.7. The Morgan fingerprint density at radius 3 is 1.61 bits per heavy atom. The molecule has 9 N–H and O–H groups in total. The summed E-state index contributed by atoms with van der Waals surface area (Å²) in [6, 6.07) is -0.924. The Kier molecular flexibility index (Phi) is 31.7. The standard InChI is InChI=1S/C47H87NO13/c1-3-5-7-9-11-13-14-15-16-17-18-19-20-21-23-25-27-29-31-39(52)48-35(36(51)30-28-26-24-22-12-10-8-6-4-2)34-58-46-44(57)42(55)45(38(33-50)60-46)61-47-43(56)41(54)40(53)37(32-49)59-47/h12,22,28,30,35-38,40-47,49-51,53-57H,3-11,13-21,23-27,29,31-34H2,1-2H3,(H,48,52)/b22-12+,30-28+. The highest BCUT2D eigenvalue weighted by Crippen LogP contribution is 2.30. The first-order chi connectivity index (χ1) is 29.6. The van der Waals surface area contributed by atoms with E-state index in [1.54, 1.807) is 6.08 Å². The molecular formula is C47H87NO13. The first-order valence-electron chi connectivity index (χ1n) is 24.1. The molecule has 2 fully saturated rings. The first-order valence-corrected chi connectivity index (χ1v) is 24.1. The second kappa shape index (κ2) is 34.8. The fourth-order valence-corrected chi connectivity index (χ4v) is 7.89. The molecule has 14 heteroatoms. The van der Waals surface area contributed by atoms with Crippen molar-refractivity contribution in [1.29, 1.82) is 0 Å². The zero-order chi connectivity index (χ0) is 44.7. The van der Waals surface area contributed by atoms with E-state index in [-0.39, 0.29) is 18.9 Å². The second-order valence-electron chi connectivity index (χ2n) is 17.2. The van der Waals surface area contributed by atoms with Crippen molar-refractivity contribution in [2.75, 3.05) is 19.8 Å². The molecule has 0 saturated carbocycles. The number of hydrogen-bond donors (Lipinski definition) is 9. The van der Waals surface area contributed by atoms with Crippen LogP contribution in [-0.2, 0) is 23.7 Å². The fraction of sp³-hybridized carbons (Fsp3) is 0.894. The predicted molar refractivity (Wildman–Crippen MR) is 235 cm³/mol. The number of ether oxygens (including phenoxy) is 4. The number of amides is 1. The van der Waals surface area contributed by atoms with Crippen LogP contribution in [0.15, 0.2) is 24.3 Å². The maximum Gasteiger partial charge on any atom is 0.220 e. The van der Waals surface area contributed by atoms with Gasteiger partial charge in [-0.2, -0.15) is 0 Å². The summed E-state index contributed by atoms with van der Waals surface area (Å²) >= 11 is 0. The molecule has 0 radical (unpaired) electrons. The van der Waals surface area contributed by atoms with Gasteiger partial charge in [-0.05, 0) is 32.1 Å². The molecule has 1 amide bonds. The minimum absolute atomic E-state index is 0.251. The Hall–Kier alpha value is -1.53. The van der Waals surface area contributed by atoms with Gasteiger partial charge in [0.2, 0.25) is 5.91 Å². The fourth-order valence-electron chi connectivity index (χ4n) is 7.89. The van der Waals surface area contributed by atoms with Crippen LogP contribution in [0.1, 0.15) is 174 Å². The topological polar surface area (TPSA) is 228 Å². The molecule has 2 rings (SSSR count). The molecule has 358 valence electrons. The number of aliphatic hydroxyl groups is 8. The minimum atomic E-state index is -1.79. The molecule has 12 atom stereocenters. The number of unbranched alkanes of at least 4 members (excludes halogenated alkanes) is 21. The molecule has 2 aliphatic heterocycles. The smallest absolute Gasteiger partial charge is 0.220 e. The monoisotopic (exact) mass is 874 g/mol. The van der Waals surface area contributed by atoms with Crippen molar-refractivity contribution in [2.24, 2.45) is 0 Å². The molecular weight excluding hydrogens is 787 g/mol. The van der Waals surface area contributed by atoms with Crippen molar-refractivity contribution in [3.63, 3.8) is 0 Å². The SMILES string of the molecule is CCCCC/C=C/CC/C=C/C(O)C(COC1OC(CO)C(OC2OC(CO)C(O)C(O)C2O)C(O)C1O)NC(=O)CCCCCCCCCCCCCCCCCCCC. The lowest BCUT2D eigenvalue weighted by Crippen LogP contribution is -2.65. The third kappa shape index (κ3) is 22.8. The molecule has 2 saturated heterocycles. The summed E-state index contributed by atoms with van der Waals surface area (Å²) in [7, 11) is 0. The Balaban J connectivity index is 1.83. The van der Waals surface area contributed by atoms with E-state index >= 15 is 0 Å². The van der Waals surface area contributed by atoms with Gasteiger partial charge in [0.15, 0.2) is 12.6 Å². The predicted octanol–water partition coefficient (Wildman–Crippen LogP) is 5.38. The van der Waals surface area contributed by atoms with Gasteiger partial charge in [-0.1, -0.05) is 160 Å². The average Bonchev–Trinajstić information content (AvgIpc) is 3.26. The van der Waals surface area contributed by atoms with Crippen LogP contribution < -0.4 is 5.32 Å². The molecule has 2 aliphatic rings. The molecule has 61 heavy (non-hydrogen) atoms. The molecule has 12 unspecified atom stereocenters. The lowest BCUT2D eigenvalue weighted by atomic mass is 9.97. The molecule has 0 aliphatic carbocycles. The number of hydrogen-bond acceptors (Lipinski definition) is 13. The van der Waals surface area contributed by atoms with Crippen molar-refractivity contribution in [3.05, 3.63) is 24.3 Å². The van der Waals surface area contributed by atoms with Gasteiger partial charge in [0, 0.05) is 6.42 Å². The molecule has 0 aromatic carbocycles. The van der Waals surface area contributed by atoms with Gasteiger partial charge in [-0.3, -0.25) is 4.79 Å². The highest BCUT2D eigenvalue weighted by Gasteiger charge is 2.51. The summed E-state index contributed by atoms with van der Waals surface area (Å²) in [6.07, 6.45) is 19.6. The first kappa shape index (κ1) is 55.6. The van der Waals surface area contributed by atoms with Crippen molar-refractivity contribution in [3.8, 4) is 0 Å². The van der Waals surface area contributed by atoms with E-state index in [0.717, 1.165) is 38.5 Å². The highest BCUT2D eigenvalue weighted by molar-refractivity contribution is 5.76. The number of carbonyl (C=O) groups is 1. The summed E-state index contributed by atoms with van der Waals surface area (Å²) in [6.45, 7) is 2.70. The summed E-state index contributed by atoms with van der Waals surface area (Å²) in [5.74, 6) is -0.251. The van der Waals surface area contributed by atoms with Crippen LogP contribution in [0.4, 0.5) is 0 Å². The third-order valence-electron chi connectivity index (χ3n) is 11.9. The van der Waals surface area contributed by atoms with Gasteiger partial charge in [0.25, 0.3) is 0 Å². The van der Waals surface area contributed by atoms with Crippen molar-refractivity contribution in [2.45, 2.75) is 248 Å². The number of carbonyl (C=O) groups excluding carboxylic acids is 1. The largest absolute Gasteiger partial charge is 0.394 e. The van der Waals surface area contributed by atoms with Crippen LogP contribution in [0.2, 0.25) is 0 Å². The van der Waals surface area contributed by atoms with E-state index in [0.29, 0.717) is 12.8 Å². The van der Waals surface area contributed by atoms with Crippen LogP contribution in [-0.4, -0.2) is 140 Å². The quantitative estimate of drug-likeness (QED) is 0.0285. The molecule has 2 heterocycles. The summed E-state index contributed by atoms with van der Waals surface area (Å²) in [4.78, 5) is 13.1. The van der Waals surface area contributed by atoms with Crippen molar-refractivity contribution in [1.82, 2.24) is 5.32 Å². The van der Waals surface area contributed by atoms with Gasteiger partial charge in [-0.15, -0.1) is 0 Å². The molecule has 0 spiro atoms. The Bertz CT molecular complexity index is 1130. The normalized spacial score (nSPS) is 28.2. The van der Waals surface area contributed by atoms with Crippen LogP contribution in [0.5, 0.6) is 0 Å². The molecule has 14 nitrogen and oxygen atoms in total. The van der Waals surface area contributed by atoms with E-state index < -0.39 is 86.8 Å². The molecule has 0 aromatic rings. The van der Waals surface area contributed by atoms with Gasteiger partial charge in [0.1, 0.15) is 48.8 Å². The van der Waals surface area contributed by atoms with E-state index in [2.05, 4.69) is 31.3 Å². The Morgan fingerprint density at radius 1 is 0.574 bits per heavy atom. The number of nitrogens with one attached hydrogen (secondary N) is 1. The van der Waals surface area contributed by atoms with Crippen LogP contribution in [0, 0.1) is 0 Å². The number of aliphatic hydroxyl groups excluding tert-OH is 8. The summed E-state index contributed by atoms with van der Waals surface area (Å²) in [5, 5.41) is 86.4. The van der Waals surface area contributed by atoms with Gasteiger partial charge in [0.05, 0.1) is 32.0 Å². The zero-order valence-electron chi connectivity index (χ0n) is 37.7. The molecule has 0 bridgehead atoms. The number of allylic oxidation sites excluding steroid dienone is 3. The lowest BCUT2D eigenvalue weighted by Gasteiger charge is -2.46. The van der Waals surface area contributed by atoms with Crippen molar-refractivity contribution < 1.29 is 64.6 Å². The lowest BCUT2D eigenvalue weighted by molar-refractivity contribution is -0.359. The summed E-state index contributed by atoms with van der Waals surface area (Å²) < 4.78 is 22.6. The maximum absolute atomic E-state index is 13.1. The molecule has 0 aromatic heterocycles. The van der Waals surface area contributed by atoms with E-state index in [9.17, 15) is 45.6 Å². The van der Waals surface area contributed by atoms with Gasteiger partial charge in [-0.25, -0.2) is 0 Å². The van der Waals surface area contributed by atoms with Crippen LogP contribution in [0.25, 0.3) is 0 Å². The summed E-state index contributed by atoms with van der Waals surface area (Å²) in [5.41, 5.74) is 0.